The Labute approximate surface area is 207 Å². The average Bonchev–Trinajstić information content (AvgIpc) is 2.89. The number of amides is 3. The van der Waals surface area contributed by atoms with E-state index in [1.807, 2.05) is 19.1 Å². The normalized spacial score (nSPS) is 14.8. The summed E-state index contributed by atoms with van der Waals surface area (Å²) in [6.45, 7) is 4.01. The largest absolute Gasteiger partial charge is 0.497 e. The van der Waals surface area contributed by atoms with E-state index in [2.05, 4.69) is 10.6 Å². The lowest BCUT2D eigenvalue weighted by Crippen LogP contribution is -2.54. The molecule has 8 nitrogen and oxygen atoms in total. The Bertz CT molecular complexity index is 983. The van der Waals surface area contributed by atoms with E-state index in [1.54, 1.807) is 55.5 Å². The molecule has 1 saturated heterocycles. The standard InChI is InChI=1S/C27H35N3O5/c1-19-5-7-21(8-6-19)25(31)29-24(26(32)28-15-4-18-34-2)20-13-16-30(17-14-20)27(33)22-9-11-23(35-3)12-10-22/h5-12,20,24H,4,13-18H2,1-3H3,(H,28,32)(H,29,31)/t24-/m0/s1. The molecule has 0 saturated carbocycles. The number of hydrogen-bond acceptors (Lipinski definition) is 5. The van der Waals surface area contributed by atoms with Gasteiger partial charge in [-0.1, -0.05) is 17.7 Å². The van der Waals surface area contributed by atoms with Gasteiger partial charge in [0.2, 0.25) is 5.91 Å². The molecule has 0 bridgehead atoms. The van der Waals surface area contributed by atoms with Crippen LogP contribution < -0.4 is 15.4 Å². The lowest BCUT2D eigenvalue weighted by molar-refractivity contribution is -0.124. The Hall–Kier alpha value is -3.39. The summed E-state index contributed by atoms with van der Waals surface area (Å²) in [5, 5.41) is 5.88. The van der Waals surface area contributed by atoms with Crippen LogP contribution in [0.4, 0.5) is 0 Å². The average molecular weight is 482 g/mol. The maximum atomic E-state index is 13.1. The number of piperidine rings is 1. The molecule has 3 rings (SSSR count). The van der Waals surface area contributed by atoms with Gasteiger partial charge in [0, 0.05) is 44.5 Å². The second-order valence-electron chi connectivity index (χ2n) is 8.81. The fourth-order valence-electron chi connectivity index (χ4n) is 4.22. The van der Waals surface area contributed by atoms with Gasteiger partial charge in [-0.05, 0) is 68.5 Å². The fourth-order valence-corrected chi connectivity index (χ4v) is 4.22. The van der Waals surface area contributed by atoms with Gasteiger partial charge in [0.25, 0.3) is 11.8 Å². The summed E-state index contributed by atoms with van der Waals surface area (Å²) < 4.78 is 10.2. The molecule has 1 atom stereocenters. The maximum absolute atomic E-state index is 13.1. The monoisotopic (exact) mass is 481 g/mol. The highest BCUT2D eigenvalue weighted by Gasteiger charge is 2.34. The van der Waals surface area contributed by atoms with Crippen molar-refractivity contribution in [2.45, 2.75) is 32.2 Å². The lowest BCUT2D eigenvalue weighted by Gasteiger charge is -2.36. The molecule has 35 heavy (non-hydrogen) atoms. The number of ether oxygens (including phenoxy) is 2. The van der Waals surface area contributed by atoms with Crippen molar-refractivity contribution in [2.75, 3.05) is 40.5 Å². The van der Waals surface area contributed by atoms with Crippen molar-refractivity contribution in [3.8, 4) is 5.75 Å². The topological polar surface area (TPSA) is 97.0 Å². The first-order chi connectivity index (χ1) is 16.9. The van der Waals surface area contributed by atoms with Crippen LogP contribution >= 0.6 is 0 Å². The highest BCUT2D eigenvalue weighted by atomic mass is 16.5. The predicted molar refractivity (Wildman–Crippen MR) is 134 cm³/mol. The fraction of sp³-hybridized carbons (Fsp3) is 0.444. The number of hydrogen-bond donors (Lipinski definition) is 2. The summed E-state index contributed by atoms with van der Waals surface area (Å²) in [6, 6.07) is 13.6. The molecule has 0 aromatic heterocycles. The zero-order valence-corrected chi connectivity index (χ0v) is 20.7. The van der Waals surface area contributed by atoms with Crippen LogP contribution in [-0.2, 0) is 9.53 Å². The summed E-state index contributed by atoms with van der Waals surface area (Å²) >= 11 is 0. The number of aryl methyl sites for hydroxylation is 1. The molecule has 188 valence electrons. The van der Waals surface area contributed by atoms with Crippen LogP contribution in [0.5, 0.6) is 5.75 Å². The number of carbonyl (C=O) groups is 3. The van der Waals surface area contributed by atoms with Crippen LogP contribution in [0.1, 0.15) is 45.5 Å². The third kappa shape index (κ3) is 7.29. The predicted octanol–water partition coefficient (Wildman–Crippen LogP) is 2.81. The van der Waals surface area contributed by atoms with E-state index in [4.69, 9.17) is 9.47 Å². The van der Waals surface area contributed by atoms with Crippen LogP contribution in [0.3, 0.4) is 0 Å². The molecule has 0 aliphatic carbocycles. The first-order valence-electron chi connectivity index (χ1n) is 12.0. The van der Waals surface area contributed by atoms with Crippen molar-refractivity contribution in [3.05, 3.63) is 65.2 Å². The number of likely N-dealkylation sites (tertiary alicyclic amines) is 1. The van der Waals surface area contributed by atoms with Crippen molar-refractivity contribution < 1.29 is 23.9 Å². The van der Waals surface area contributed by atoms with E-state index < -0.39 is 6.04 Å². The van der Waals surface area contributed by atoms with E-state index in [1.165, 1.54) is 0 Å². The van der Waals surface area contributed by atoms with Crippen molar-refractivity contribution in [1.82, 2.24) is 15.5 Å². The first-order valence-corrected chi connectivity index (χ1v) is 12.0. The Kier molecular flexibility index (Phi) is 9.66. The molecule has 3 amide bonds. The second kappa shape index (κ2) is 12.9. The van der Waals surface area contributed by atoms with E-state index in [-0.39, 0.29) is 23.6 Å². The third-order valence-corrected chi connectivity index (χ3v) is 6.34. The summed E-state index contributed by atoms with van der Waals surface area (Å²) in [6.07, 6.45) is 1.92. The molecule has 2 aromatic carbocycles. The number of nitrogens with zero attached hydrogens (tertiary/aromatic N) is 1. The molecular formula is C27H35N3O5. The minimum atomic E-state index is -0.676. The van der Waals surface area contributed by atoms with Crippen molar-refractivity contribution in [3.63, 3.8) is 0 Å². The van der Waals surface area contributed by atoms with Crippen molar-refractivity contribution in [2.24, 2.45) is 5.92 Å². The number of methoxy groups -OCH3 is 2. The molecule has 1 aliphatic heterocycles. The quantitative estimate of drug-likeness (QED) is 0.509. The molecule has 1 heterocycles. The van der Waals surface area contributed by atoms with Gasteiger partial charge in [-0.2, -0.15) is 0 Å². The van der Waals surface area contributed by atoms with Gasteiger partial charge in [-0.3, -0.25) is 14.4 Å². The number of carbonyl (C=O) groups excluding carboxylic acids is 3. The van der Waals surface area contributed by atoms with Gasteiger partial charge in [-0.15, -0.1) is 0 Å². The van der Waals surface area contributed by atoms with Crippen molar-refractivity contribution in [1.29, 1.82) is 0 Å². The summed E-state index contributed by atoms with van der Waals surface area (Å²) in [4.78, 5) is 40.7. The van der Waals surface area contributed by atoms with Crippen LogP contribution in [-0.4, -0.2) is 69.1 Å². The molecule has 0 radical (unpaired) electrons. The molecule has 2 aromatic rings. The van der Waals surface area contributed by atoms with Crippen LogP contribution in [0.2, 0.25) is 0 Å². The summed E-state index contributed by atoms with van der Waals surface area (Å²) in [5.41, 5.74) is 2.17. The van der Waals surface area contributed by atoms with E-state index in [9.17, 15) is 14.4 Å². The highest BCUT2D eigenvalue weighted by Crippen LogP contribution is 2.23. The smallest absolute Gasteiger partial charge is 0.253 e. The SMILES string of the molecule is COCCCNC(=O)[C@@H](NC(=O)c1ccc(C)cc1)C1CCN(C(=O)c2ccc(OC)cc2)CC1. The van der Waals surface area contributed by atoms with Crippen molar-refractivity contribution >= 4 is 17.7 Å². The number of benzene rings is 2. The van der Waals surface area contributed by atoms with Gasteiger partial charge >= 0.3 is 0 Å². The van der Waals surface area contributed by atoms with E-state index in [0.29, 0.717) is 62.4 Å². The maximum Gasteiger partial charge on any atom is 0.253 e. The molecule has 1 fully saturated rings. The highest BCUT2D eigenvalue weighted by molar-refractivity contribution is 5.98. The van der Waals surface area contributed by atoms with Gasteiger partial charge in [0.05, 0.1) is 7.11 Å². The molecule has 1 aliphatic rings. The Morgan fingerprint density at radius 2 is 1.60 bits per heavy atom. The number of rotatable bonds is 10. The molecule has 0 unspecified atom stereocenters. The Morgan fingerprint density at radius 3 is 2.20 bits per heavy atom. The number of nitrogens with one attached hydrogen (secondary N) is 2. The molecule has 2 N–H and O–H groups in total. The zero-order valence-electron chi connectivity index (χ0n) is 20.7. The van der Waals surface area contributed by atoms with E-state index >= 15 is 0 Å². The zero-order chi connectivity index (χ0) is 25.2. The van der Waals surface area contributed by atoms with Crippen LogP contribution in [0.15, 0.2) is 48.5 Å². The van der Waals surface area contributed by atoms with Gasteiger partial charge < -0.3 is 25.0 Å². The third-order valence-electron chi connectivity index (χ3n) is 6.34. The van der Waals surface area contributed by atoms with Crippen LogP contribution in [0.25, 0.3) is 0 Å². The Balaban J connectivity index is 1.65. The van der Waals surface area contributed by atoms with Gasteiger partial charge in [0.1, 0.15) is 11.8 Å². The minimum absolute atomic E-state index is 0.0460. The molecule has 0 spiro atoms. The first kappa shape index (κ1) is 26.2. The minimum Gasteiger partial charge on any atom is -0.497 e. The van der Waals surface area contributed by atoms with Gasteiger partial charge in [0.15, 0.2) is 0 Å². The molecular weight excluding hydrogens is 446 g/mol. The lowest BCUT2D eigenvalue weighted by atomic mass is 9.88. The second-order valence-corrected chi connectivity index (χ2v) is 8.81. The molecule has 8 heteroatoms. The summed E-state index contributed by atoms with van der Waals surface area (Å²) in [5.74, 6) is 0.0892. The van der Waals surface area contributed by atoms with E-state index in [0.717, 1.165) is 5.56 Å². The van der Waals surface area contributed by atoms with Gasteiger partial charge in [-0.25, -0.2) is 0 Å². The summed E-state index contributed by atoms with van der Waals surface area (Å²) in [7, 11) is 3.21. The van der Waals surface area contributed by atoms with Crippen LogP contribution in [0, 0.1) is 12.8 Å². The Morgan fingerprint density at radius 1 is 0.971 bits per heavy atom.